The molecule has 1 unspecified atom stereocenters. The van der Waals surface area contributed by atoms with Crippen molar-refractivity contribution >= 4 is 40.6 Å². The Bertz CT molecular complexity index is 638. The number of hydrogen-bond donors (Lipinski definition) is 0. The van der Waals surface area contributed by atoms with Gasteiger partial charge in [0.25, 0.3) is 0 Å². The molecule has 2 aromatic carbocycles. The van der Waals surface area contributed by atoms with Crippen molar-refractivity contribution in [2.75, 3.05) is 0 Å². The fourth-order valence-corrected chi connectivity index (χ4v) is 2.49. The maximum absolute atomic E-state index is 12.5. The van der Waals surface area contributed by atoms with Gasteiger partial charge in [0.1, 0.15) is 5.75 Å². The summed E-state index contributed by atoms with van der Waals surface area (Å²) in [7, 11) is 0. The molecule has 0 saturated heterocycles. The van der Waals surface area contributed by atoms with Crippen LogP contribution < -0.4 is 4.74 Å². The van der Waals surface area contributed by atoms with Crippen LogP contribution in [0, 0.1) is 0 Å². The average molecular weight is 344 g/mol. The number of carbonyl (C=O) groups excluding carboxylic acids is 1. The summed E-state index contributed by atoms with van der Waals surface area (Å²) in [6.07, 6.45) is -0.0784. The van der Waals surface area contributed by atoms with Crippen molar-refractivity contribution < 1.29 is 9.53 Å². The monoisotopic (exact) mass is 342 g/mol. The predicted octanol–water partition coefficient (Wildman–Crippen LogP) is 5.69. The van der Waals surface area contributed by atoms with Crippen molar-refractivity contribution in [3.63, 3.8) is 0 Å². The van der Waals surface area contributed by atoms with Gasteiger partial charge in [-0.25, -0.2) is 0 Å². The van der Waals surface area contributed by atoms with E-state index in [0.29, 0.717) is 32.8 Å². The van der Waals surface area contributed by atoms with Crippen molar-refractivity contribution in [1.82, 2.24) is 0 Å². The number of rotatable bonds is 5. The van der Waals surface area contributed by atoms with Gasteiger partial charge < -0.3 is 4.74 Å². The second-order valence-electron chi connectivity index (χ2n) is 4.46. The van der Waals surface area contributed by atoms with E-state index in [4.69, 9.17) is 39.5 Å². The second-order valence-corrected chi connectivity index (χ2v) is 5.74. The van der Waals surface area contributed by atoms with Crippen molar-refractivity contribution in [1.29, 1.82) is 0 Å². The van der Waals surface area contributed by atoms with Crippen LogP contribution in [0.3, 0.4) is 0 Å². The Labute approximate surface area is 138 Å². The Kier molecular flexibility index (Phi) is 5.51. The predicted molar refractivity (Wildman–Crippen MR) is 87.0 cm³/mol. The Balaban J connectivity index is 2.20. The van der Waals surface area contributed by atoms with Gasteiger partial charge in [-0.15, -0.1) is 0 Å². The van der Waals surface area contributed by atoms with E-state index in [1.54, 1.807) is 42.5 Å². The summed E-state index contributed by atoms with van der Waals surface area (Å²) in [6.45, 7) is 1.88. The molecule has 5 heteroatoms. The smallest absolute Gasteiger partial charge is 0.204 e. The lowest BCUT2D eigenvalue weighted by Crippen LogP contribution is -2.27. The number of benzene rings is 2. The van der Waals surface area contributed by atoms with Gasteiger partial charge in [-0.05, 0) is 48.9 Å². The van der Waals surface area contributed by atoms with Crippen LogP contribution in [0.2, 0.25) is 15.1 Å². The van der Waals surface area contributed by atoms with E-state index in [1.807, 2.05) is 6.92 Å². The van der Waals surface area contributed by atoms with Crippen LogP contribution >= 0.6 is 34.8 Å². The van der Waals surface area contributed by atoms with Crippen LogP contribution in [0.4, 0.5) is 0 Å². The van der Waals surface area contributed by atoms with Crippen molar-refractivity contribution in [2.24, 2.45) is 0 Å². The number of carbonyl (C=O) groups is 1. The molecule has 0 aromatic heterocycles. The third kappa shape index (κ3) is 4.13. The first kappa shape index (κ1) is 16.2. The Hall–Kier alpha value is -1.22. The number of halogens is 3. The summed E-state index contributed by atoms with van der Waals surface area (Å²) in [5.41, 5.74) is 0.405. The van der Waals surface area contributed by atoms with Gasteiger partial charge in [0, 0.05) is 15.6 Å². The number of Topliss-reactive ketones (excluding diaryl/α,β-unsaturated/α-hetero) is 1. The summed E-state index contributed by atoms with van der Waals surface area (Å²) < 4.78 is 5.72. The highest BCUT2D eigenvalue weighted by Crippen LogP contribution is 2.25. The molecule has 0 spiro atoms. The highest BCUT2D eigenvalue weighted by atomic mass is 35.5. The summed E-state index contributed by atoms with van der Waals surface area (Å²) in [5, 5.41) is 1.43. The van der Waals surface area contributed by atoms with Crippen molar-refractivity contribution in [3.8, 4) is 5.75 Å². The van der Waals surface area contributed by atoms with Crippen LogP contribution in [0.1, 0.15) is 23.7 Å². The van der Waals surface area contributed by atoms with Gasteiger partial charge in [0.15, 0.2) is 6.10 Å². The topological polar surface area (TPSA) is 26.3 Å². The first-order valence-electron chi connectivity index (χ1n) is 6.42. The largest absolute Gasteiger partial charge is 0.482 e. The van der Waals surface area contributed by atoms with Gasteiger partial charge in [0.05, 0.1) is 5.02 Å². The molecular weight excluding hydrogens is 331 g/mol. The summed E-state index contributed by atoms with van der Waals surface area (Å²) in [6, 6.07) is 11.7. The molecule has 0 N–H and O–H groups in total. The molecule has 110 valence electrons. The summed E-state index contributed by atoms with van der Waals surface area (Å²) in [5.74, 6) is 0.416. The van der Waals surface area contributed by atoms with E-state index in [-0.39, 0.29) is 5.78 Å². The molecule has 1 atom stereocenters. The quantitative estimate of drug-likeness (QED) is 0.652. The molecular formula is C16H13Cl3O2. The fourth-order valence-electron chi connectivity index (χ4n) is 1.86. The lowest BCUT2D eigenvalue weighted by Gasteiger charge is -2.17. The molecule has 0 fully saturated rings. The normalized spacial score (nSPS) is 12.0. The molecule has 0 bridgehead atoms. The minimum atomic E-state index is -0.607. The number of ether oxygens (including phenoxy) is 1. The Morgan fingerprint density at radius 1 is 1.05 bits per heavy atom. The van der Waals surface area contributed by atoms with E-state index in [2.05, 4.69) is 0 Å². The van der Waals surface area contributed by atoms with Gasteiger partial charge in [0.2, 0.25) is 5.78 Å². The molecule has 2 rings (SSSR count). The van der Waals surface area contributed by atoms with Crippen LogP contribution in [0.15, 0.2) is 42.5 Å². The van der Waals surface area contributed by atoms with Gasteiger partial charge >= 0.3 is 0 Å². The van der Waals surface area contributed by atoms with E-state index in [0.717, 1.165) is 0 Å². The van der Waals surface area contributed by atoms with Gasteiger partial charge in [-0.3, -0.25) is 4.79 Å². The first-order chi connectivity index (χ1) is 10.0. The Morgan fingerprint density at radius 3 is 2.24 bits per heavy atom. The highest BCUT2D eigenvalue weighted by Gasteiger charge is 2.22. The molecule has 0 aliphatic rings. The zero-order chi connectivity index (χ0) is 15.4. The lowest BCUT2D eigenvalue weighted by atomic mass is 10.0. The van der Waals surface area contributed by atoms with E-state index in [1.165, 1.54) is 0 Å². The molecule has 0 radical (unpaired) electrons. The molecule has 0 heterocycles. The third-order valence-electron chi connectivity index (χ3n) is 2.95. The fraction of sp³-hybridized carbons (Fsp3) is 0.188. The standard InChI is InChI=1S/C16H13Cl3O2/c1-2-15(21-12-6-3-10(17)4-7-12)16(20)13-8-5-11(18)9-14(13)19/h3-9,15H,2H2,1H3. The number of ketones is 1. The second kappa shape index (κ2) is 7.17. The van der Waals surface area contributed by atoms with Crippen LogP contribution in [-0.2, 0) is 0 Å². The average Bonchev–Trinajstić information content (AvgIpc) is 2.46. The van der Waals surface area contributed by atoms with Crippen LogP contribution in [0.5, 0.6) is 5.75 Å². The first-order valence-corrected chi connectivity index (χ1v) is 7.56. The SMILES string of the molecule is CCC(Oc1ccc(Cl)cc1)C(=O)c1ccc(Cl)cc1Cl. The van der Waals surface area contributed by atoms with E-state index >= 15 is 0 Å². The van der Waals surface area contributed by atoms with E-state index < -0.39 is 6.10 Å². The van der Waals surface area contributed by atoms with Crippen LogP contribution in [-0.4, -0.2) is 11.9 Å². The van der Waals surface area contributed by atoms with Crippen molar-refractivity contribution in [3.05, 3.63) is 63.1 Å². The minimum Gasteiger partial charge on any atom is -0.482 e. The number of hydrogen-bond acceptors (Lipinski definition) is 2. The van der Waals surface area contributed by atoms with Crippen LogP contribution in [0.25, 0.3) is 0 Å². The maximum atomic E-state index is 12.5. The zero-order valence-electron chi connectivity index (χ0n) is 11.3. The molecule has 2 nitrogen and oxygen atoms in total. The minimum absolute atomic E-state index is 0.172. The molecule has 0 amide bonds. The zero-order valence-corrected chi connectivity index (χ0v) is 13.5. The highest BCUT2D eigenvalue weighted by molar-refractivity contribution is 6.37. The molecule has 21 heavy (non-hydrogen) atoms. The lowest BCUT2D eigenvalue weighted by molar-refractivity contribution is 0.0787. The third-order valence-corrected chi connectivity index (χ3v) is 3.75. The molecule has 0 aliphatic heterocycles. The summed E-state index contributed by atoms with van der Waals surface area (Å²) in [4.78, 5) is 12.5. The van der Waals surface area contributed by atoms with E-state index in [9.17, 15) is 4.79 Å². The molecule has 0 saturated carbocycles. The Morgan fingerprint density at radius 2 is 1.67 bits per heavy atom. The summed E-state index contributed by atoms with van der Waals surface area (Å²) >= 11 is 17.7. The molecule has 0 aliphatic carbocycles. The maximum Gasteiger partial charge on any atom is 0.204 e. The molecule has 2 aromatic rings. The van der Waals surface area contributed by atoms with Crippen molar-refractivity contribution in [2.45, 2.75) is 19.4 Å². The van der Waals surface area contributed by atoms with Gasteiger partial charge in [-0.1, -0.05) is 41.7 Å². The van der Waals surface area contributed by atoms with Gasteiger partial charge in [-0.2, -0.15) is 0 Å².